The summed E-state index contributed by atoms with van der Waals surface area (Å²) in [6.45, 7) is 1.85. The van der Waals surface area contributed by atoms with Crippen LogP contribution in [0.2, 0.25) is 5.02 Å². The fourth-order valence-corrected chi connectivity index (χ4v) is 3.54. The van der Waals surface area contributed by atoms with Crippen molar-refractivity contribution in [1.82, 2.24) is 0 Å². The van der Waals surface area contributed by atoms with Crippen LogP contribution in [0.4, 0.5) is 5.69 Å². The summed E-state index contributed by atoms with van der Waals surface area (Å²) in [5.74, 6) is 1.01. The zero-order chi connectivity index (χ0) is 17.9. The van der Waals surface area contributed by atoms with Gasteiger partial charge in [0.2, 0.25) is 0 Å². The number of para-hydroxylation sites is 2. The van der Waals surface area contributed by atoms with Gasteiger partial charge in [0.25, 0.3) is 10.0 Å². The van der Waals surface area contributed by atoms with E-state index in [1.165, 1.54) is 12.1 Å². The minimum absolute atomic E-state index is 0.155. The van der Waals surface area contributed by atoms with Crippen molar-refractivity contribution in [2.75, 3.05) is 4.72 Å². The van der Waals surface area contributed by atoms with Crippen LogP contribution >= 0.6 is 11.6 Å². The van der Waals surface area contributed by atoms with E-state index in [1.54, 1.807) is 36.4 Å². The molecule has 4 nitrogen and oxygen atoms in total. The Kier molecular flexibility index (Phi) is 4.97. The van der Waals surface area contributed by atoms with Gasteiger partial charge in [-0.25, -0.2) is 8.42 Å². The number of benzene rings is 3. The predicted octanol–water partition coefficient (Wildman–Crippen LogP) is 5.24. The Morgan fingerprint density at radius 1 is 0.880 bits per heavy atom. The molecule has 1 N–H and O–H groups in total. The van der Waals surface area contributed by atoms with Gasteiger partial charge in [0.1, 0.15) is 11.5 Å². The van der Waals surface area contributed by atoms with Crippen LogP contribution < -0.4 is 9.46 Å². The summed E-state index contributed by atoms with van der Waals surface area (Å²) >= 11 is 6.05. The Morgan fingerprint density at radius 2 is 1.52 bits per heavy atom. The summed E-state index contributed by atoms with van der Waals surface area (Å²) in [6.07, 6.45) is 0. The maximum Gasteiger partial charge on any atom is 0.261 e. The summed E-state index contributed by atoms with van der Waals surface area (Å²) < 4.78 is 33.3. The first-order valence-electron chi connectivity index (χ1n) is 7.56. The number of ether oxygens (including phenoxy) is 1. The number of anilines is 1. The number of hydrogen-bond donors (Lipinski definition) is 1. The van der Waals surface area contributed by atoms with Gasteiger partial charge in [-0.15, -0.1) is 0 Å². The number of sulfonamides is 1. The molecule has 0 atom stereocenters. The lowest BCUT2D eigenvalue weighted by Gasteiger charge is -2.11. The van der Waals surface area contributed by atoms with E-state index >= 15 is 0 Å². The van der Waals surface area contributed by atoms with Crippen LogP contribution in [0.15, 0.2) is 77.7 Å². The molecule has 3 aromatic rings. The topological polar surface area (TPSA) is 55.4 Å². The fraction of sp³-hybridized carbons (Fsp3) is 0.0526. The van der Waals surface area contributed by atoms with Gasteiger partial charge in [0, 0.05) is 0 Å². The Morgan fingerprint density at radius 3 is 2.20 bits per heavy atom. The van der Waals surface area contributed by atoms with E-state index in [4.69, 9.17) is 16.3 Å². The van der Waals surface area contributed by atoms with Crippen molar-refractivity contribution in [3.8, 4) is 11.5 Å². The molecule has 0 amide bonds. The maximum atomic E-state index is 12.5. The Hall–Kier alpha value is -2.50. The second-order valence-corrected chi connectivity index (χ2v) is 7.51. The molecule has 0 aliphatic carbocycles. The molecule has 6 heteroatoms. The van der Waals surface area contributed by atoms with Crippen LogP contribution in [0.1, 0.15) is 5.56 Å². The fourth-order valence-electron chi connectivity index (χ4n) is 2.23. The third kappa shape index (κ3) is 4.13. The quantitative estimate of drug-likeness (QED) is 0.665. The van der Waals surface area contributed by atoms with Crippen molar-refractivity contribution in [1.29, 1.82) is 0 Å². The lowest BCUT2D eigenvalue weighted by Crippen LogP contribution is -2.13. The smallest absolute Gasteiger partial charge is 0.261 e. The molecule has 3 aromatic carbocycles. The number of hydrogen-bond acceptors (Lipinski definition) is 3. The summed E-state index contributed by atoms with van der Waals surface area (Å²) in [7, 11) is -3.67. The molecule has 0 aromatic heterocycles. The van der Waals surface area contributed by atoms with E-state index in [1.807, 2.05) is 31.2 Å². The first-order chi connectivity index (χ1) is 12.0. The summed E-state index contributed by atoms with van der Waals surface area (Å²) in [5, 5.41) is 0.486. The largest absolute Gasteiger partial charge is 0.456 e. The van der Waals surface area contributed by atoms with Gasteiger partial charge in [0.05, 0.1) is 15.6 Å². The van der Waals surface area contributed by atoms with Crippen LogP contribution in [0.25, 0.3) is 0 Å². The van der Waals surface area contributed by atoms with Crippen molar-refractivity contribution in [3.05, 3.63) is 83.4 Å². The average Bonchev–Trinajstić information content (AvgIpc) is 2.59. The van der Waals surface area contributed by atoms with Crippen LogP contribution in [-0.2, 0) is 10.0 Å². The Balaban J connectivity index is 1.80. The molecule has 0 bridgehead atoms. The monoisotopic (exact) mass is 373 g/mol. The third-order valence-electron chi connectivity index (χ3n) is 3.59. The van der Waals surface area contributed by atoms with Crippen LogP contribution in [-0.4, -0.2) is 8.42 Å². The highest BCUT2D eigenvalue weighted by Crippen LogP contribution is 2.29. The second kappa shape index (κ2) is 7.17. The van der Waals surface area contributed by atoms with Gasteiger partial charge in [-0.1, -0.05) is 41.9 Å². The van der Waals surface area contributed by atoms with E-state index in [-0.39, 0.29) is 4.90 Å². The zero-order valence-corrected chi connectivity index (χ0v) is 15.0. The number of nitrogens with one attached hydrogen (secondary N) is 1. The lowest BCUT2D eigenvalue weighted by atomic mass is 10.2. The molecule has 0 radical (unpaired) electrons. The van der Waals surface area contributed by atoms with Gasteiger partial charge in [-0.05, 0) is 55.0 Å². The molecule has 0 heterocycles. The molecule has 0 saturated heterocycles. The van der Waals surface area contributed by atoms with E-state index in [9.17, 15) is 8.42 Å². The van der Waals surface area contributed by atoms with Gasteiger partial charge in [0.15, 0.2) is 0 Å². The summed E-state index contributed by atoms with van der Waals surface area (Å²) in [4.78, 5) is 0.155. The Labute approximate surface area is 152 Å². The van der Waals surface area contributed by atoms with Crippen molar-refractivity contribution in [2.45, 2.75) is 11.8 Å². The van der Waals surface area contributed by atoms with Gasteiger partial charge < -0.3 is 4.74 Å². The van der Waals surface area contributed by atoms with Crippen molar-refractivity contribution in [2.24, 2.45) is 0 Å². The first kappa shape index (κ1) is 17.3. The van der Waals surface area contributed by atoms with E-state index in [0.717, 1.165) is 5.56 Å². The number of halogens is 1. The molecule has 0 saturated carbocycles. The van der Waals surface area contributed by atoms with Crippen LogP contribution in [0.3, 0.4) is 0 Å². The second-order valence-electron chi connectivity index (χ2n) is 5.42. The molecular weight excluding hydrogens is 358 g/mol. The van der Waals surface area contributed by atoms with Gasteiger partial charge in [-0.3, -0.25) is 4.72 Å². The third-order valence-corrected chi connectivity index (χ3v) is 5.28. The summed E-state index contributed by atoms with van der Waals surface area (Å²) in [5.41, 5.74) is 1.41. The SMILES string of the molecule is Cc1ccccc1NS(=O)(=O)c1ccc(Oc2ccccc2Cl)cc1. The van der Waals surface area contributed by atoms with Crippen molar-refractivity contribution < 1.29 is 13.2 Å². The van der Waals surface area contributed by atoms with Gasteiger partial charge >= 0.3 is 0 Å². The highest BCUT2D eigenvalue weighted by atomic mass is 35.5. The highest BCUT2D eigenvalue weighted by Gasteiger charge is 2.15. The molecule has 0 aliphatic heterocycles. The van der Waals surface area contributed by atoms with Gasteiger partial charge in [-0.2, -0.15) is 0 Å². The first-order valence-corrected chi connectivity index (χ1v) is 9.43. The van der Waals surface area contributed by atoms with Crippen LogP contribution in [0.5, 0.6) is 11.5 Å². The minimum Gasteiger partial charge on any atom is -0.456 e. The number of rotatable bonds is 5. The van der Waals surface area contributed by atoms with E-state index in [2.05, 4.69) is 4.72 Å². The van der Waals surface area contributed by atoms with E-state index in [0.29, 0.717) is 22.2 Å². The molecule has 0 spiro atoms. The minimum atomic E-state index is -3.67. The molecule has 0 unspecified atom stereocenters. The van der Waals surface area contributed by atoms with E-state index < -0.39 is 10.0 Å². The van der Waals surface area contributed by atoms with Crippen molar-refractivity contribution >= 4 is 27.3 Å². The molecule has 3 rings (SSSR count). The summed E-state index contributed by atoms with van der Waals surface area (Å²) in [6, 6.07) is 20.5. The average molecular weight is 374 g/mol. The highest BCUT2D eigenvalue weighted by molar-refractivity contribution is 7.92. The normalized spacial score (nSPS) is 11.1. The number of aryl methyl sites for hydroxylation is 1. The molecule has 128 valence electrons. The van der Waals surface area contributed by atoms with Crippen molar-refractivity contribution in [3.63, 3.8) is 0 Å². The molecular formula is C19H16ClNO3S. The molecule has 0 fully saturated rings. The molecule has 25 heavy (non-hydrogen) atoms. The lowest BCUT2D eigenvalue weighted by molar-refractivity contribution is 0.482. The maximum absolute atomic E-state index is 12.5. The Bertz CT molecular complexity index is 986. The zero-order valence-electron chi connectivity index (χ0n) is 13.4. The standard InChI is InChI=1S/C19H16ClNO3S/c1-14-6-2-4-8-18(14)21-25(22,23)16-12-10-15(11-13-16)24-19-9-5-3-7-17(19)20/h2-13,21H,1H3. The predicted molar refractivity (Wildman–Crippen MR) is 100.0 cm³/mol. The molecule has 0 aliphatic rings. The van der Waals surface area contributed by atoms with Crippen LogP contribution in [0, 0.1) is 6.92 Å².